The van der Waals surface area contributed by atoms with Crippen LogP contribution in [-0.4, -0.2) is 14.7 Å². The third-order valence-electron chi connectivity index (χ3n) is 2.62. The molecule has 2 rings (SSSR count). The van der Waals surface area contributed by atoms with Gasteiger partial charge >= 0.3 is 0 Å². The van der Waals surface area contributed by atoms with Gasteiger partial charge < -0.3 is 5.32 Å². The summed E-state index contributed by atoms with van der Waals surface area (Å²) in [6.07, 6.45) is 1.09. The van der Waals surface area contributed by atoms with E-state index in [2.05, 4.69) is 23.0 Å². The van der Waals surface area contributed by atoms with Crippen molar-refractivity contribution in [2.75, 3.05) is 16.3 Å². The molecule has 1 aromatic carbocycles. The molecule has 0 fully saturated rings. The summed E-state index contributed by atoms with van der Waals surface area (Å²) in [5.74, 6) is 0. The second kappa shape index (κ2) is 6.03. The first-order valence-corrected chi connectivity index (χ1v) is 9.07. The quantitative estimate of drug-likeness (QED) is 0.872. The Morgan fingerprint density at radius 3 is 2.60 bits per heavy atom. The summed E-state index contributed by atoms with van der Waals surface area (Å²) in [5, 5.41) is 5.71. The summed E-state index contributed by atoms with van der Waals surface area (Å²) in [6.45, 7) is 2.06. The number of sulfonamides is 1. The summed E-state index contributed by atoms with van der Waals surface area (Å²) < 4.78 is 24.7. The Morgan fingerprint density at radius 2 is 2.05 bits per heavy atom. The molecule has 1 atom stereocenters. The van der Waals surface area contributed by atoms with E-state index in [1.165, 1.54) is 4.88 Å². The summed E-state index contributed by atoms with van der Waals surface area (Å²) in [4.78, 5) is 1.22. The molecule has 4 nitrogen and oxygen atoms in total. The van der Waals surface area contributed by atoms with Gasteiger partial charge in [0.2, 0.25) is 10.0 Å². The Balaban J connectivity index is 2.13. The van der Waals surface area contributed by atoms with Gasteiger partial charge in [0.25, 0.3) is 0 Å². The van der Waals surface area contributed by atoms with Gasteiger partial charge in [-0.2, -0.15) is 0 Å². The zero-order valence-corrected chi connectivity index (χ0v) is 13.4. The van der Waals surface area contributed by atoms with Crippen molar-refractivity contribution in [2.45, 2.75) is 13.0 Å². The highest BCUT2D eigenvalue weighted by molar-refractivity contribution is 7.92. The van der Waals surface area contributed by atoms with Crippen LogP contribution < -0.4 is 10.0 Å². The fourth-order valence-electron chi connectivity index (χ4n) is 1.75. The molecule has 0 radical (unpaired) electrons. The maximum atomic E-state index is 11.2. The van der Waals surface area contributed by atoms with Crippen molar-refractivity contribution in [3.63, 3.8) is 0 Å². The van der Waals surface area contributed by atoms with Crippen LogP contribution in [0.25, 0.3) is 0 Å². The van der Waals surface area contributed by atoms with Crippen LogP contribution in [-0.2, 0) is 10.0 Å². The molecule has 0 saturated carbocycles. The molecule has 0 bridgehead atoms. The van der Waals surface area contributed by atoms with Crippen molar-refractivity contribution in [1.82, 2.24) is 0 Å². The van der Waals surface area contributed by atoms with Crippen LogP contribution >= 0.6 is 22.9 Å². The highest BCUT2D eigenvalue weighted by atomic mass is 35.5. The first-order valence-electron chi connectivity index (χ1n) is 5.92. The zero-order valence-electron chi connectivity index (χ0n) is 11.1. The molecule has 1 heterocycles. The van der Waals surface area contributed by atoms with E-state index in [0.29, 0.717) is 10.7 Å². The predicted octanol–water partition coefficient (Wildman–Crippen LogP) is 3.95. The molecule has 2 N–H and O–H groups in total. The highest BCUT2D eigenvalue weighted by Gasteiger charge is 2.09. The molecule has 0 aliphatic heterocycles. The molecular weight excluding hydrogens is 316 g/mol. The van der Waals surface area contributed by atoms with Crippen molar-refractivity contribution >= 4 is 44.3 Å². The van der Waals surface area contributed by atoms with Gasteiger partial charge in [-0.25, -0.2) is 8.42 Å². The zero-order chi connectivity index (χ0) is 14.8. The number of hydrogen-bond donors (Lipinski definition) is 2. The van der Waals surface area contributed by atoms with Crippen molar-refractivity contribution in [2.24, 2.45) is 0 Å². The summed E-state index contributed by atoms with van der Waals surface area (Å²) in [7, 11) is -3.32. The number of nitrogens with one attached hydrogen (secondary N) is 2. The summed E-state index contributed by atoms with van der Waals surface area (Å²) >= 11 is 7.76. The second-order valence-corrected chi connectivity index (χ2v) is 7.59. The number of hydrogen-bond acceptors (Lipinski definition) is 4. The molecule has 2 aromatic rings. The third-order valence-corrected chi connectivity index (χ3v) is 4.58. The maximum Gasteiger partial charge on any atom is 0.229 e. The Bertz CT molecular complexity index is 684. The molecule has 108 valence electrons. The highest BCUT2D eigenvalue weighted by Crippen LogP contribution is 2.29. The minimum absolute atomic E-state index is 0.166. The van der Waals surface area contributed by atoms with Crippen LogP contribution in [0.1, 0.15) is 17.8 Å². The van der Waals surface area contributed by atoms with E-state index >= 15 is 0 Å². The summed E-state index contributed by atoms with van der Waals surface area (Å²) in [6, 6.07) is 9.38. The number of benzene rings is 1. The van der Waals surface area contributed by atoms with E-state index in [9.17, 15) is 8.42 Å². The van der Waals surface area contributed by atoms with Gasteiger partial charge in [0.1, 0.15) is 0 Å². The van der Waals surface area contributed by atoms with Gasteiger partial charge in [0, 0.05) is 10.6 Å². The topological polar surface area (TPSA) is 58.2 Å². The van der Waals surface area contributed by atoms with E-state index < -0.39 is 10.0 Å². The lowest BCUT2D eigenvalue weighted by Crippen LogP contribution is -2.10. The van der Waals surface area contributed by atoms with Gasteiger partial charge in [0.05, 0.1) is 23.0 Å². The number of thiophene rings is 1. The molecule has 7 heteroatoms. The standard InChI is InChI=1S/C13H15ClN2O2S2/c1-9(13-4-3-7-19-13)15-10-5-6-12(11(14)8-10)16-20(2,17)18/h3-9,15-16H,1-2H3. The minimum atomic E-state index is -3.32. The predicted molar refractivity (Wildman–Crippen MR) is 86.3 cm³/mol. The van der Waals surface area contributed by atoms with Crippen molar-refractivity contribution in [1.29, 1.82) is 0 Å². The lowest BCUT2D eigenvalue weighted by atomic mass is 10.2. The van der Waals surface area contributed by atoms with Crippen LogP contribution in [0.15, 0.2) is 35.7 Å². The normalized spacial score (nSPS) is 12.9. The molecule has 0 saturated heterocycles. The minimum Gasteiger partial charge on any atom is -0.378 e. The van der Waals surface area contributed by atoms with Crippen LogP contribution in [0.2, 0.25) is 5.02 Å². The number of halogens is 1. The fourth-order valence-corrected chi connectivity index (χ4v) is 3.34. The Labute approximate surface area is 127 Å². The van der Waals surface area contributed by atoms with Crippen LogP contribution in [0.4, 0.5) is 11.4 Å². The van der Waals surface area contributed by atoms with Crippen molar-refractivity contribution < 1.29 is 8.42 Å². The Morgan fingerprint density at radius 1 is 1.30 bits per heavy atom. The van der Waals surface area contributed by atoms with Gasteiger partial charge in [-0.3, -0.25) is 4.72 Å². The second-order valence-electron chi connectivity index (χ2n) is 4.45. The first kappa shape index (κ1) is 15.2. The van der Waals surface area contributed by atoms with E-state index in [0.717, 1.165) is 11.9 Å². The molecule has 20 heavy (non-hydrogen) atoms. The molecule has 1 unspecified atom stereocenters. The van der Waals surface area contributed by atoms with Gasteiger partial charge in [-0.05, 0) is 36.6 Å². The van der Waals surface area contributed by atoms with Crippen molar-refractivity contribution in [3.05, 3.63) is 45.6 Å². The van der Waals surface area contributed by atoms with E-state index in [-0.39, 0.29) is 6.04 Å². The number of rotatable bonds is 5. The van der Waals surface area contributed by atoms with Gasteiger partial charge in [0.15, 0.2) is 0 Å². The third kappa shape index (κ3) is 4.13. The first-order chi connectivity index (χ1) is 9.35. The fraction of sp³-hybridized carbons (Fsp3) is 0.231. The average molecular weight is 331 g/mol. The average Bonchev–Trinajstić information content (AvgIpc) is 2.85. The largest absolute Gasteiger partial charge is 0.378 e. The van der Waals surface area contributed by atoms with Crippen LogP contribution in [0.3, 0.4) is 0 Å². The lowest BCUT2D eigenvalue weighted by Gasteiger charge is -2.15. The lowest BCUT2D eigenvalue weighted by molar-refractivity contribution is 0.607. The summed E-state index contributed by atoms with van der Waals surface area (Å²) in [5.41, 5.74) is 1.22. The van der Waals surface area contributed by atoms with E-state index in [1.54, 1.807) is 29.5 Å². The number of anilines is 2. The molecule has 0 spiro atoms. The van der Waals surface area contributed by atoms with Crippen LogP contribution in [0, 0.1) is 0 Å². The van der Waals surface area contributed by atoms with Gasteiger partial charge in [-0.1, -0.05) is 17.7 Å². The SMILES string of the molecule is CC(Nc1ccc(NS(C)(=O)=O)c(Cl)c1)c1cccs1. The Hall–Kier alpha value is -1.24. The van der Waals surface area contributed by atoms with E-state index in [1.807, 2.05) is 11.4 Å². The maximum absolute atomic E-state index is 11.2. The van der Waals surface area contributed by atoms with E-state index in [4.69, 9.17) is 11.6 Å². The van der Waals surface area contributed by atoms with Crippen molar-refractivity contribution in [3.8, 4) is 0 Å². The van der Waals surface area contributed by atoms with Gasteiger partial charge in [-0.15, -0.1) is 11.3 Å². The monoisotopic (exact) mass is 330 g/mol. The van der Waals surface area contributed by atoms with Crippen LogP contribution in [0.5, 0.6) is 0 Å². The molecule has 0 aliphatic carbocycles. The Kier molecular flexibility index (Phi) is 4.57. The molecule has 1 aromatic heterocycles. The molecule has 0 aliphatic rings. The molecular formula is C13H15ClN2O2S2. The molecule has 0 amide bonds. The smallest absolute Gasteiger partial charge is 0.229 e.